The van der Waals surface area contributed by atoms with Crippen LogP contribution in [0.25, 0.3) is 0 Å². The van der Waals surface area contributed by atoms with Crippen LogP contribution in [0.2, 0.25) is 0 Å². The van der Waals surface area contributed by atoms with Crippen LogP contribution >= 0.6 is 10.7 Å². The Hall–Kier alpha value is -0.540. The summed E-state index contributed by atoms with van der Waals surface area (Å²) in [6.07, 6.45) is 22.3. The van der Waals surface area contributed by atoms with E-state index in [4.69, 9.17) is 10.7 Å². The molecule has 0 spiro atoms. The maximum absolute atomic E-state index is 11.6. The van der Waals surface area contributed by atoms with Gasteiger partial charge in [-0.15, -0.1) is 0 Å². The predicted molar refractivity (Wildman–Crippen MR) is 123 cm³/mol. The fourth-order valence-corrected chi connectivity index (χ4v) is 4.99. The normalized spacial score (nSPS) is 11.8. The van der Waals surface area contributed by atoms with Crippen LogP contribution in [-0.2, 0) is 15.5 Å². The van der Waals surface area contributed by atoms with Crippen molar-refractivity contribution in [2.75, 3.05) is 0 Å². The summed E-state index contributed by atoms with van der Waals surface area (Å²) in [5.41, 5.74) is 0.850. The molecule has 28 heavy (non-hydrogen) atoms. The molecule has 0 aliphatic rings. The van der Waals surface area contributed by atoms with Crippen molar-refractivity contribution in [3.05, 3.63) is 29.8 Å². The molecule has 0 amide bonds. The summed E-state index contributed by atoms with van der Waals surface area (Å²) < 4.78 is 23.2. The van der Waals surface area contributed by atoms with Gasteiger partial charge in [0.1, 0.15) is 0 Å². The Morgan fingerprint density at radius 1 is 0.643 bits per heavy atom. The SMILES string of the molecule is CCCCCCCCCCCCCCCCCCc1ccccc1S(=O)(=O)Cl. The van der Waals surface area contributed by atoms with Gasteiger partial charge in [-0.05, 0) is 24.5 Å². The zero-order valence-corrected chi connectivity index (χ0v) is 19.5. The highest BCUT2D eigenvalue weighted by Crippen LogP contribution is 2.22. The molecular weight excluding hydrogens is 388 g/mol. The second kappa shape index (κ2) is 16.3. The first-order valence-corrected chi connectivity index (χ1v) is 13.9. The van der Waals surface area contributed by atoms with E-state index >= 15 is 0 Å². The molecule has 0 aliphatic carbocycles. The minimum atomic E-state index is -3.63. The number of benzene rings is 1. The lowest BCUT2D eigenvalue weighted by molar-refractivity contribution is 0.529. The molecule has 2 nitrogen and oxygen atoms in total. The van der Waals surface area contributed by atoms with Crippen LogP contribution in [0.1, 0.15) is 115 Å². The van der Waals surface area contributed by atoms with Gasteiger partial charge in [0.05, 0.1) is 4.90 Å². The lowest BCUT2D eigenvalue weighted by Gasteiger charge is -2.07. The van der Waals surface area contributed by atoms with E-state index in [1.807, 2.05) is 12.1 Å². The lowest BCUT2D eigenvalue weighted by atomic mass is 10.0. The smallest absolute Gasteiger partial charge is 0.207 e. The summed E-state index contributed by atoms with van der Waals surface area (Å²) >= 11 is 0. The van der Waals surface area contributed by atoms with Crippen LogP contribution in [0.3, 0.4) is 0 Å². The van der Waals surface area contributed by atoms with Gasteiger partial charge in [0, 0.05) is 10.7 Å². The maximum atomic E-state index is 11.6. The van der Waals surface area contributed by atoms with E-state index in [-0.39, 0.29) is 4.90 Å². The fourth-order valence-electron chi connectivity index (χ4n) is 3.81. The second-order valence-corrected chi connectivity index (χ2v) is 10.6. The van der Waals surface area contributed by atoms with Crippen LogP contribution in [0, 0.1) is 0 Å². The van der Waals surface area contributed by atoms with Gasteiger partial charge >= 0.3 is 0 Å². The maximum Gasteiger partial charge on any atom is 0.261 e. The van der Waals surface area contributed by atoms with E-state index in [1.165, 1.54) is 89.9 Å². The molecule has 0 saturated carbocycles. The highest BCUT2D eigenvalue weighted by atomic mass is 35.7. The molecule has 0 fully saturated rings. The van der Waals surface area contributed by atoms with Crippen molar-refractivity contribution in [1.82, 2.24) is 0 Å². The Kier molecular flexibility index (Phi) is 14.8. The summed E-state index contributed by atoms with van der Waals surface area (Å²) in [6.45, 7) is 2.27. The van der Waals surface area contributed by atoms with Crippen LogP contribution in [0.15, 0.2) is 29.2 Å². The number of rotatable bonds is 18. The molecular formula is C24H41ClO2S. The van der Waals surface area contributed by atoms with Crippen molar-refractivity contribution >= 4 is 19.7 Å². The third kappa shape index (κ3) is 12.8. The molecule has 0 N–H and O–H groups in total. The van der Waals surface area contributed by atoms with E-state index in [9.17, 15) is 8.42 Å². The summed E-state index contributed by atoms with van der Waals surface area (Å²) in [7, 11) is 1.88. The average molecular weight is 429 g/mol. The number of hydrogen-bond acceptors (Lipinski definition) is 2. The summed E-state index contributed by atoms with van der Waals surface area (Å²) in [5.74, 6) is 0. The first kappa shape index (κ1) is 25.5. The number of aryl methyl sites for hydroxylation is 1. The molecule has 0 heterocycles. The van der Waals surface area contributed by atoms with E-state index in [2.05, 4.69) is 6.92 Å². The largest absolute Gasteiger partial charge is 0.261 e. The Balaban J connectivity index is 1.91. The number of unbranched alkanes of at least 4 members (excludes halogenated alkanes) is 15. The quantitative estimate of drug-likeness (QED) is 0.173. The molecule has 0 bridgehead atoms. The van der Waals surface area contributed by atoms with Crippen LogP contribution < -0.4 is 0 Å². The van der Waals surface area contributed by atoms with E-state index in [0.717, 1.165) is 24.8 Å². The van der Waals surface area contributed by atoms with Gasteiger partial charge in [0.15, 0.2) is 0 Å². The monoisotopic (exact) mass is 428 g/mol. The zero-order valence-electron chi connectivity index (χ0n) is 17.9. The number of hydrogen-bond donors (Lipinski definition) is 0. The first-order chi connectivity index (χ1) is 13.6. The molecule has 1 aromatic carbocycles. The molecule has 0 aromatic heterocycles. The van der Waals surface area contributed by atoms with Crippen LogP contribution in [0.4, 0.5) is 0 Å². The minimum absolute atomic E-state index is 0.276. The van der Waals surface area contributed by atoms with Gasteiger partial charge in [0.25, 0.3) is 9.05 Å². The molecule has 0 saturated heterocycles. The second-order valence-electron chi connectivity index (χ2n) is 8.10. The third-order valence-electron chi connectivity index (χ3n) is 5.53. The Labute approximate surface area is 178 Å². The van der Waals surface area contributed by atoms with Crippen molar-refractivity contribution in [1.29, 1.82) is 0 Å². The third-order valence-corrected chi connectivity index (χ3v) is 6.96. The number of halogens is 1. The van der Waals surface area contributed by atoms with Crippen molar-refractivity contribution < 1.29 is 8.42 Å². The predicted octanol–water partition coefficient (Wildman–Crippen LogP) is 8.42. The first-order valence-electron chi connectivity index (χ1n) is 11.6. The van der Waals surface area contributed by atoms with Crippen molar-refractivity contribution in [3.8, 4) is 0 Å². The fraction of sp³-hybridized carbons (Fsp3) is 0.750. The highest BCUT2D eigenvalue weighted by Gasteiger charge is 2.14. The zero-order chi connectivity index (χ0) is 20.5. The van der Waals surface area contributed by atoms with Gasteiger partial charge in [0.2, 0.25) is 0 Å². The Morgan fingerprint density at radius 3 is 1.46 bits per heavy atom. The Morgan fingerprint density at radius 2 is 1.04 bits per heavy atom. The topological polar surface area (TPSA) is 34.1 Å². The molecule has 1 aromatic rings. The van der Waals surface area contributed by atoms with Gasteiger partial charge < -0.3 is 0 Å². The highest BCUT2D eigenvalue weighted by molar-refractivity contribution is 8.13. The van der Waals surface area contributed by atoms with Gasteiger partial charge in [-0.3, -0.25) is 0 Å². The molecule has 0 atom stereocenters. The van der Waals surface area contributed by atoms with E-state index in [0.29, 0.717) is 0 Å². The summed E-state index contributed by atoms with van der Waals surface area (Å²) in [5, 5.41) is 0. The molecule has 162 valence electrons. The Bertz CT molecular complexity index is 598. The van der Waals surface area contributed by atoms with Gasteiger partial charge in [-0.25, -0.2) is 8.42 Å². The lowest BCUT2D eigenvalue weighted by Crippen LogP contribution is -1.98. The van der Waals surface area contributed by atoms with Crippen LogP contribution in [0.5, 0.6) is 0 Å². The van der Waals surface area contributed by atoms with Crippen molar-refractivity contribution in [3.63, 3.8) is 0 Å². The molecule has 1 rings (SSSR count). The molecule has 0 radical (unpaired) electrons. The van der Waals surface area contributed by atoms with Crippen LogP contribution in [-0.4, -0.2) is 8.42 Å². The van der Waals surface area contributed by atoms with Gasteiger partial charge in [-0.1, -0.05) is 121 Å². The molecule has 4 heteroatoms. The van der Waals surface area contributed by atoms with E-state index < -0.39 is 9.05 Å². The minimum Gasteiger partial charge on any atom is -0.207 e. The van der Waals surface area contributed by atoms with E-state index in [1.54, 1.807) is 12.1 Å². The average Bonchev–Trinajstić information content (AvgIpc) is 2.67. The summed E-state index contributed by atoms with van der Waals surface area (Å²) in [6, 6.07) is 7.09. The van der Waals surface area contributed by atoms with Crippen molar-refractivity contribution in [2.45, 2.75) is 121 Å². The van der Waals surface area contributed by atoms with Gasteiger partial charge in [-0.2, -0.15) is 0 Å². The summed E-state index contributed by atoms with van der Waals surface area (Å²) in [4.78, 5) is 0.276. The molecule has 0 unspecified atom stereocenters. The van der Waals surface area contributed by atoms with Crippen molar-refractivity contribution in [2.24, 2.45) is 0 Å². The molecule has 0 aliphatic heterocycles. The standard InChI is InChI=1S/C24H41ClO2S/c1-2-3-4-5-6-7-8-9-10-11-12-13-14-15-16-17-20-23-21-18-19-22-24(23)28(25,26)27/h18-19,21-22H,2-17,20H2,1H3.